The van der Waals surface area contributed by atoms with E-state index in [-0.39, 0.29) is 0 Å². The zero-order chi connectivity index (χ0) is 25.1. The summed E-state index contributed by atoms with van der Waals surface area (Å²) in [6, 6.07) is 45.1. The molecule has 0 N–H and O–H groups in total. The number of hydrogen-bond acceptors (Lipinski definition) is 1. The smallest absolute Gasteiger partial charge is 0.0703 e. The molecule has 0 amide bonds. The fourth-order valence-electron chi connectivity index (χ4n) is 5.89. The quantitative estimate of drug-likeness (QED) is 0.245. The molecule has 38 heavy (non-hydrogen) atoms. The van der Waals surface area contributed by atoms with Crippen LogP contribution in [-0.2, 0) is 0 Å². The minimum atomic E-state index is 0.978. The maximum atomic E-state index is 4.83. The molecule has 0 aliphatic heterocycles. The van der Waals surface area contributed by atoms with Crippen molar-refractivity contribution in [3.63, 3.8) is 0 Å². The average molecular weight is 486 g/mol. The molecule has 0 spiro atoms. The Morgan fingerprint density at radius 1 is 0.447 bits per heavy atom. The van der Waals surface area contributed by atoms with E-state index in [1.54, 1.807) is 0 Å². The molecule has 8 aromatic rings. The first-order valence-corrected chi connectivity index (χ1v) is 12.9. The normalized spacial score (nSPS) is 11.7. The lowest BCUT2D eigenvalue weighted by Gasteiger charge is -2.10. The lowest BCUT2D eigenvalue weighted by molar-refractivity contribution is 1.13. The van der Waals surface area contributed by atoms with Crippen molar-refractivity contribution in [1.82, 2.24) is 14.1 Å². The standard InChI is InChI=1S/C35H23N3/c1-3-9-24(10-4-1)31-18-15-26(23-36-31)38-33-14-8-7-13-30(33)35-29-17-19-32-28(27(29)16-20-34(35)38)21-22-37(32)25-11-5-2-6-12-25/h1-23H. The molecule has 0 bridgehead atoms. The first-order valence-electron chi connectivity index (χ1n) is 12.9. The Kier molecular flexibility index (Phi) is 4.52. The number of rotatable bonds is 3. The Morgan fingerprint density at radius 2 is 1.18 bits per heavy atom. The van der Waals surface area contributed by atoms with E-state index in [1.165, 1.54) is 49.2 Å². The highest BCUT2D eigenvalue weighted by molar-refractivity contribution is 6.25. The van der Waals surface area contributed by atoms with Gasteiger partial charge in [0.25, 0.3) is 0 Å². The van der Waals surface area contributed by atoms with Gasteiger partial charge in [-0.05, 0) is 59.3 Å². The second-order valence-corrected chi connectivity index (χ2v) is 9.69. The second-order valence-electron chi connectivity index (χ2n) is 9.69. The summed E-state index contributed by atoms with van der Waals surface area (Å²) in [6.07, 6.45) is 4.16. The summed E-state index contributed by atoms with van der Waals surface area (Å²) in [5.41, 5.74) is 7.93. The van der Waals surface area contributed by atoms with Crippen LogP contribution in [0.2, 0.25) is 0 Å². The van der Waals surface area contributed by atoms with Crippen LogP contribution < -0.4 is 0 Å². The topological polar surface area (TPSA) is 22.8 Å². The van der Waals surface area contributed by atoms with Gasteiger partial charge in [-0.3, -0.25) is 4.98 Å². The summed E-state index contributed by atoms with van der Waals surface area (Å²) in [5.74, 6) is 0. The average Bonchev–Trinajstić information content (AvgIpc) is 3.58. The first-order chi connectivity index (χ1) is 18.9. The van der Waals surface area contributed by atoms with Crippen molar-refractivity contribution in [3.05, 3.63) is 140 Å². The van der Waals surface area contributed by atoms with Crippen molar-refractivity contribution in [3.8, 4) is 22.6 Å². The van der Waals surface area contributed by atoms with Gasteiger partial charge < -0.3 is 9.13 Å². The van der Waals surface area contributed by atoms with Crippen molar-refractivity contribution < 1.29 is 0 Å². The zero-order valence-corrected chi connectivity index (χ0v) is 20.6. The van der Waals surface area contributed by atoms with Crippen LogP contribution in [-0.4, -0.2) is 14.1 Å². The fourth-order valence-corrected chi connectivity index (χ4v) is 5.89. The third-order valence-electron chi connectivity index (χ3n) is 7.61. The monoisotopic (exact) mass is 485 g/mol. The summed E-state index contributed by atoms with van der Waals surface area (Å²) in [4.78, 5) is 4.83. The van der Waals surface area contributed by atoms with Gasteiger partial charge in [0.05, 0.1) is 34.1 Å². The highest BCUT2D eigenvalue weighted by Gasteiger charge is 2.16. The number of para-hydroxylation sites is 2. The Hall–Kier alpha value is -5.15. The lowest BCUT2D eigenvalue weighted by Crippen LogP contribution is -1.95. The van der Waals surface area contributed by atoms with E-state index in [9.17, 15) is 0 Å². The fraction of sp³-hybridized carbons (Fsp3) is 0. The lowest BCUT2D eigenvalue weighted by atomic mass is 10.0. The van der Waals surface area contributed by atoms with E-state index in [4.69, 9.17) is 4.98 Å². The van der Waals surface area contributed by atoms with Gasteiger partial charge in [-0.15, -0.1) is 0 Å². The Bertz CT molecular complexity index is 2100. The number of aromatic nitrogens is 3. The minimum Gasteiger partial charge on any atom is -0.317 e. The molecule has 0 saturated heterocycles. The molecule has 3 heteroatoms. The molecular weight excluding hydrogens is 462 g/mol. The second kappa shape index (κ2) is 8.19. The minimum absolute atomic E-state index is 0.978. The van der Waals surface area contributed by atoms with Gasteiger partial charge in [0.2, 0.25) is 0 Å². The SMILES string of the molecule is c1ccc(-c2ccc(-n3c4ccccc4c4c5ccc6c(ccn6-c6ccccc6)c5ccc43)cn2)cc1. The zero-order valence-electron chi connectivity index (χ0n) is 20.6. The summed E-state index contributed by atoms with van der Waals surface area (Å²) in [5, 5.41) is 6.33. The molecule has 0 fully saturated rings. The third-order valence-corrected chi connectivity index (χ3v) is 7.61. The Labute approximate surface area is 219 Å². The van der Waals surface area contributed by atoms with Gasteiger partial charge in [0, 0.05) is 33.6 Å². The Morgan fingerprint density at radius 3 is 2.00 bits per heavy atom. The molecule has 0 atom stereocenters. The van der Waals surface area contributed by atoms with Crippen LogP contribution in [0, 0.1) is 0 Å². The molecule has 5 aromatic carbocycles. The van der Waals surface area contributed by atoms with Crippen molar-refractivity contribution in [1.29, 1.82) is 0 Å². The van der Waals surface area contributed by atoms with Crippen molar-refractivity contribution in [2.24, 2.45) is 0 Å². The molecule has 0 unspecified atom stereocenters. The molecule has 8 rings (SSSR count). The van der Waals surface area contributed by atoms with Gasteiger partial charge in [-0.25, -0.2) is 0 Å². The van der Waals surface area contributed by atoms with Crippen molar-refractivity contribution >= 4 is 43.5 Å². The predicted octanol–water partition coefficient (Wildman–Crippen LogP) is 8.94. The van der Waals surface area contributed by atoms with Crippen LogP contribution in [0.15, 0.2) is 140 Å². The molecule has 3 nitrogen and oxygen atoms in total. The van der Waals surface area contributed by atoms with Crippen LogP contribution in [0.25, 0.3) is 66.1 Å². The van der Waals surface area contributed by atoms with Gasteiger partial charge >= 0.3 is 0 Å². The summed E-state index contributed by atoms with van der Waals surface area (Å²) < 4.78 is 4.60. The van der Waals surface area contributed by atoms with Gasteiger partial charge in [0.15, 0.2) is 0 Å². The maximum absolute atomic E-state index is 4.83. The van der Waals surface area contributed by atoms with E-state index in [0.717, 1.165) is 16.9 Å². The number of fused-ring (bicyclic) bond motifs is 7. The van der Waals surface area contributed by atoms with Crippen molar-refractivity contribution in [2.45, 2.75) is 0 Å². The predicted molar refractivity (Wildman–Crippen MR) is 158 cm³/mol. The van der Waals surface area contributed by atoms with Crippen LogP contribution in [0.4, 0.5) is 0 Å². The van der Waals surface area contributed by atoms with Crippen molar-refractivity contribution in [2.75, 3.05) is 0 Å². The van der Waals surface area contributed by atoms with Crippen LogP contribution in [0.5, 0.6) is 0 Å². The number of benzene rings is 5. The van der Waals surface area contributed by atoms with Gasteiger partial charge in [-0.2, -0.15) is 0 Å². The van der Waals surface area contributed by atoms with Gasteiger partial charge in [0.1, 0.15) is 0 Å². The van der Waals surface area contributed by atoms with E-state index < -0.39 is 0 Å². The van der Waals surface area contributed by atoms with Crippen LogP contribution in [0.3, 0.4) is 0 Å². The van der Waals surface area contributed by atoms with E-state index in [2.05, 4.69) is 125 Å². The third kappa shape index (κ3) is 3.06. The summed E-state index contributed by atoms with van der Waals surface area (Å²) >= 11 is 0. The molecule has 178 valence electrons. The molecular formula is C35H23N3. The summed E-state index contributed by atoms with van der Waals surface area (Å²) in [7, 11) is 0. The molecule has 3 aromatic heterocycles. The molecule has 0 saturated carbocycles. The maximum Gasteiger partial charge on any atom is 0.0703 e. The van der Waals surface area contributed by atoms with Gasteiger partial charge in [-0.1, -0.05) is 78.9 Å². The summed E-state index contributed by atoms with van der Waals surface area (Å²) in [6.45, 7) is 0. The largest absolute Gasteiger partial charge is 0.317 e. The van der Waals surface area contributed by atoms with Crippen LogP contribution >= 0.6 is 0 Å². The number of hydrogen-bond donors (Lipinski definition) is 0. The van der Waals surface area contributed by atoms with E-state index in [0.29, 0.717) is 0 Å². The van der Waals surface area contributed by atoms with E-state index >= 15 is 0 Å². The number of nitrogens with zero attached hydrogens (tertiary/aromatic N) is 3. The highest BCUT2D eigenvalue weighted by Crippen LogP contribution is 2.39. The first kappa shape index (κ1) is 21.0. The molecule has 0 aliphatic carbocycles. The van der Waals surface area contributed by atoms with E-state index in [1.807, 2.05) is 24.4 Å². The van der Waals surface area contributed by atoms with Crippen LogP contribution in [0.1, 0.15) is 0 Å². The number of pyridine rings is 1. The molecule has 0 aliphatic rings. The Balaban J connectivity index is 1.37. The highest BCUT2D eigenvalue weighted by atomic mass is 15.0. The molecule has 0 radical (unpaired) electrons. The molecule has 3 heterocycles.